The van der Waals surface area contributed by atoms with Gasteiger partial charge in [0.05, 0.1) is 30.3 Å². The van der Waals surface area contributed by atoms with Crippen LogP contribution in [-0.4, -0.2) is 51.6 Å². The van der Waals surface area contributed by atoms with Crippen molar-refractivity contribution in [3.8, 4) is 0 Å². The molecule has 29 heavy (non-hydrogen) atoms. The number of carbonyl (C=O) groups is 3. The SMILES string of the molecule is C[C@@H](O)[C@H]1C(=O)N2C(C(=O)O)=C(CN3C(=O)c4cccc5cccc3c45)[C@H](C)[C@H]12. The predicted molar refractivity (Wildman–Crippen MR) is 105 cm³/mol. The minimum Gasteiger partial charge on any atom is -0.477 e. The summed E-state index contributed by atoms with van der Waals surface area (Å²) in [5, 5.41) is 21.6. The van der Waals surface area contributed by atoms with Crippen molar-refractivity contribution in [3.05, 3.63) is 53.2 Å². The zero-order chi connectivity index (χ0) is 20.6. The number of fused-ring (bicyclic) bond motifs is 1. The molecule has 7 nitrogen and oxygen atoms in total. The molecule has 2 aromatic carbocycles. The average molecular weight is 392 g/mol. The highest BCUT2D eigenvalue weighted by Gasteiger charge is 2.60. The topological polar surface area (TPSA) is 98.2 Å². The van der Waals surface area contributed by atoms with Crippen molar-refractivity contribution >= 4 is 34.2 Å². The lowest BCUT2D eigenvalue weighted by atomic mass is 9.77. The first-order valence-electron chi connectivity index (χ1n) is 9.64. The summed E-state index contributed by atoms with van der Waals surface area (Å²) in [5.74, 6) is -2.62. The third kappa shape index (κ3) is 2.19. The lowest BCUT2D eigenvalue weighted by Gasteiger charge is -2.46. The van der Waals surface area contributed by atoms with Crippen LogP contribution < -0.4 is 4.90 Å². The molecule has 5 rings (SSSR count). The van der Waals surface area contributed by atoms with Gasteiger partial charge in [0.2, 0.25) is 5.91 Å². The van der Waals surface area contributed by atoms with Gasteiger partial charge in [-0.1, -0.05) is 31.2 Å². The van der Waals surface area contributed by atoms with Crippen molar-refractivity contribution < 1.29 is 24.6 Å². The van der Waals surface area contributed by atoms with Crippen LogP contribution in [-0.2, 0) is 9.59 Å². The molecule has 0 saturated carbocycles. The summed E-state index contributed by atoms with van der Waals surface area (Å²) < 4.78 is 0. The van der Waals surface area contributed by atoms with Crippen LogP contribution in [0.25, 0.3) is 10.8 Å². The molecule has 0 radical (unpaired) electrons. The highest BCUT2D eigenvalue weighted by molar-refractivity contribution is 6.25. The van der Waals surface area contributed by atoms with E-state index >= 15 is 0 Å². The maximum absolute atomic E-state index is 13.1. The van der Waals surface area contributed by atoms with E-state index in [9.17, 15) is 24.6 Å². The lowest BCUT2D eigenvalue weighted by Crippen LogP contribution is -2.63. The van der Waals surface area contributed by atoms with Gasteiger partial charge in [-0.05, 0) is 30.0 Å². The molecule has 0 bridgehead atoms. The maximum atomic E-state index is 13.1. The molecule has 2 N–H and O–H groups in total. The first-order valence-corrected chi connectivity index (χ1v) is 9.64. The number of carbonyl (C=O) groups excluding carboxylic acids is 2. The Morgan fingerprint density at radius 1 is 1.17 bits per heavy atom. The number of nitrogens with zero attached hydrogens (tertiary/aromatic N) is 2. The van der Waals surface area contributed by atoms with E-state index in [1.54, 1.807) is 17.9 Å². The quantitative estimate of drug-likeness (QED) is 0.776. The fraction of sp³-hybridized carbons (Fsp3) is 0.318. The molecule has 3 aliphatic heterocycles. The van der Waals surface area contributed by atoms with E-state index in [2.05, 4.69) is 0 Å². The van der Waals surface area contributed by atoms with Gasteiger partial charge >= 0.3 is 5.97 Å². The number of carboxylic acids is 1. The van der Waals surface area contributed by atoms with Gasteiger partial charge in [-0.2, -0.15) is 0 Å². The molecular weight excluding hydrogens is 372 g/mol. The summed E-state index contributed by atoms with van der Waals surface area (Å²) in [5.41, 5.74) is 1.83. The number of aliphatic carboxylic acids is 1. The molecule has 2 amide bonds. The van der Waals surface area contributed by atoms with E-state index < -0.39 is 18.0 Å². The Balaban J connectivity index is 1.58. The van der Waals surface area contributed by atoms with Gasteiger partial charge in [0.15, 0.2) is 0 Å². The number of aliphatic hydroxyl groups excluding tert-OH is 1. The molecule has 0 spiro atoms. The molecule has 3 heterocycles. The second-order valence-electron chi connectivity index (χ2n) is 8.01. The van der Waals surface area contributed by atoms with Crippen molar-refractivity contribution in [2.75, 3.05) is 11.4 Å². The molecule has 4 atom stereocenters. The Morgan fingerprint density at radius 3 is 2.52 bits per heavy atom. The number of β-lactam (4-membered cyclic amide) rings is 1. The summed E-state index contributed by atoms with van der Waals surface area (Å²) >= 11 is 0. The molecule has 148 valence electrons. The Labute approximate surface area is 166 Å². The number of hydrogen-bond acceptors (Lipinski definition) is 4. The first-order chi connectivity index (χ1) is 13.8. The second-order valence-corrected chi connectivity index (χ2v) is 8.01. The van der Waals surface area contributed by atoms with E-state index in [0.29, 0.717) is 11.1 Å². The number of benzene rings is 2. The highest BCUT2D eigenvalue weighted by Crippen LogP contribution is 2.48. The standard InChI is InChI=1S/C22H20N2O5/c1-10-14(19(22(28)29)24-18(10)16(11(2)25)21(24)27)9-23-15-8-4-6-12-5-3-7-13(17(12)15)20(23)26/h3-8,10-11,16,18,25H,9H2,1-2H3,(H,28,29)/t10-,11+,16+,18+/m0/s1. The Hall–Kier alpha value is -3.19. The van der Waals surface area contributed by atoms with E-state index in [1.165, 1.54) is 4.90 Å². The third-order valence-corrected chi connectivity index (χ3v) is 6.50. The van der Waals surface area contributed by atoms with Crippen LogP contribution >= 0.6 is 0 Å². The van der Waals surface area contributed by atoms with Crippen molar-refractivity contribution in [3.63, 3.8) is 0 Å². The van der Waals surface area contributed by atoms with Gasteiger partial charge in [0.1, 0.15) is 5.70 Å². The minimum atomic E-state index is -1.19. The van der Waals surface area contributed by atoms with E-state index in [-0.39, 0.29) is 36.0 Å². The van der Waals surface area contributed by atoms with E-state index in [0.717, 1.165) is 16.5 Å². The molecule has 0 aliphatic carbocycles. The predicted octanol–water partition coefficient (Wildman–Crippen LogP) is 2.00. The van der Waals surface area contributed by atoms with Crippen LogP contribution in [0.3, 0.4) is 0 Å². The normalized spacial score (nSPS) is 26.2. The van der Waals surface area contributed by atoms with E-state index in [4.69, 9.17) is 0 Å². The summed E-state index contributed by atoms with van der Waals surface area (Å²) in [7, 11) is 0. The summed E-state index contributed by atoms with van der Waals surface area (Å²) in [6.07, 6.45) is -0.855. The number of amides is 2. The van der Waals surface area contributed by atoms with Crippen LogP contribution in [0, 0.1) is 11.8 Å². The Bertz CT molecular complexity index is 1130. The number of hydrogen-bond donors (Lipinski definition) is 2. The van der Waals surface area contributed by atoms with Gasteiger partial charge in [-0.15, -0.1) is 0 Å². The highest BCUT2D eigenvalue weighted by atomic mass is 16.4. The maximum Gasteiger partial charge on any atom is 0.352 e. The Kier molecular flexibility index (Phi) is 3.64. The van der Waals surface area contributed by atoms with Crippen molar-refractivity contribution in [1.29, 1.82) is 0 Å². The van der Waals surface area contributed by atoms with Crippen LogP contribution in [0.15, 0.2) is 47.7 Å². The summed E-state index contributed by atoms with van der Waals surface area (Å²) in [4.78, 5) is 40.5. The van der Waals surface area contributed by atoms with Gasteiger partial charge in [-0.25, -0.2) is 4.79 Å². The van der Waals surface area contributed by atoms with Crippen LogP contribution in [0.5, 0.6) is 0 Å². The number of aliphatic hydroxyl groups is 1. The molecule has 0 aromatic heterocycles. The molecule has 3 aliphatic rings. The van der Waals surface area contributed by atoms with Crippen LogP contribution in [0.2, 0.25) is 0 Å². The smallest absolute Gasteiger partial charge is 0.352 e. The largest absolute Gasteiger partial charge is 0.477 e. The van der Waals surface area contributed by atoms with Gasteiger partial charge in [-0.3, -0.25) is 9.59 Å². The molecule has 2 aromatic rings. The monoisotopic (exact) mass is 392 g/mol. The van der Waals surface area contributed by atoms with E-state index in [1.807, 2.05) is 37.3 Å². The zero-order valence-electron chi connectivity index (χ0n) is 16.0. The lowest BCUT2D eigenvalue weighted by molar-refractivity contribution is -0.163. The van der Waals surface area contributed by atoms with Crippen molar-refractivity contribution in [2.24, 2.45) is 11.8 Å². The molecule has 1 fully saturated rings. The zero-order valence-corrected chi connectivity index (χ0v) is 16.0. The molecule has 0 unspecified atom stereocenters. The van der Waals surface area contributed by atoms with Gasteiger partial charge < -0.3 is 20.0 Å². The molecule has 1 saturated heterocycles. The third-order valence-electron chi connectivity index (χ3n) is 6.50. The minimum absolute atomic E-state index is 0.0552. The average Bonchev–Trinajstić information content (AvgIpc) is 3.08. The summed E-state index contributed by atoms with van der Waals surface area (Å²) in [6, 6.07) is 10.8. The van der Waals surface area contributed by atoms with Gasteiger partial charge in [0, 0.05) is 16.9 Å². The first kappa shape index (κ1) is 17.9. The van der Waals surface area contributed by atoms with Gasteiger partial charge in [0.25, 0.3) is 5.91 Å². The number of rotatable bonds is 4. The molecule has 7 heteroatoms. The van der Waals surface area contributed by atoms with Crippen LogP contribution in [0.4, 0.5) is 5.69 Å². The Morgan fingerprint density at radius 2 is 1.86 bits per heavy atom. The van der Waals surface area contributed by atoms with Crippen molar-refractivity contribution in [1.82, 2.24) is 4.90 Å². The fourth-order valence-corrected chi connectivity index (χ4v) is 5.16. The fourth-order valence-electron chi connectivity index (χ4n) is 5.16. The summed E-state index contributed by atoms with van der Waals surface area (Å²) in [6.45, 7) is 3.51. The van der Waals surface area contributed by atoms with Crippen molar-refractivity contribution in [2.45, 2.75) is 26.0 Å². The molecular formula is C22H20N2O5. The number of carboxylic acid groups (broad SMARTS) is 1. The second kappa shape index (κ2) is 5.90. The van der Waals surface area contributed by atoms with Crippen LogP contribution in [0.1, 0.15) is 24.2 Å². The number of anilines is 1.